The topological polar surface area (TPSA) is 53.4 Å². The second-order valence-electron chi connectivity index (χ2n) is 5.34. The smallest absolute Gasteiger partial charge is 0.240 e. The van der Waals surface area contributed by atoms with Crippen molar-refractivity contribution in [1.82, 2.24) is 24.9 Å². The van der Waals surface area contributed by atoms with E-state index in [1.807, 2.05) is 38.9 Å². The summed E-state index contributed by atoms with van der Waals surface area (Å²) < 4.78 is 1.83. The van der Waals surface area contributed by atoms with Gasteiger partial charge in [0.1, 0.15) is 6.04 Å². The molecule has 1 aromatic heterocycles. The summed E-state index contributed by atoms with van der Waals surface area (Å²) in [6.45, 7) is 5.33. The maximum absolute atomic E-state index is 12.2. The summed E-state index contributed by atoms with van der Waals surface area (Å²) in [6, 6.07) is -0.0802. The minimum atomic E-state index is -0.0802. The predicted octanol–water partition coefficient (Wildman–Crippen LogP) is -0.409. The summed E-state index contributed by atoms with van der Waals surface area (Å²) in [5.41, 5.74) is 2.23. The molecule has 1 N–H and O–H groups in total. The molecule has 0 radical (unpaired) electrons. The van der Waals surface area contributed by atoms with Gasteiger partial charge in [0.15, 0.2) is 0 Å². The number of aryl methyl sites for hydroxylation is 2. The van der Waals surface area contributed by atoms with Crippen molar-refractivity contribution in [2.24, 2.45) is 7.05 Å². The Balaban J connectivity index is 2.12. The fraction of sp³-hybridized carbons (Fsp3) is 0.692. The van der Waals surface area contributed by atoms with Crippen LogP contribution >= 0.6 is 0 Å². The molecule has 0 spiro atoms. The van der Waals surface area contributed by atoms with Gasteiger partial charge in [0.05, 0.1) is 5.69 Å². The van der Waals surface area contributed by atoms with Crippen LogP contribution in [0.1, 0.15) is 11.3 Å². The van der Waals surface area contributed by atoms with Crippen molar-refractivity contribution in [2.45, 2.75) is 19.5 Å². The van der Waals surface area contributed by atoms with Gasteiger partial charge in [-0.2, -0.15) is 5.10 Å². The predicted molar refractivity (Wildman–Crippen MR) is 73.7 cm³/mol. The largest absolute Gasteiger partial charge is 0.347 e. The van der Waals surface area contributed by atoms with Gasteiger partial charge in [-0.1, -0.05) is 0 Å². The first kappa shape index (κ1) is 14.0. The number of carbonyl (C=O) groups excluding carboxylic acids is 1. The lowest BCUT2D eigenvalue weighted by Gasteiger charge is -2.36. The number of likely N-dealkylation sites (N-methyl/N-ethyl adjacent to an activating group) is 1. The average Bonchev–Trinajstić information content (AvgIpc) is 2.67. The minimum absolute atomic E-state index is 0.0802. The molecule has 1 aromatic rings. The fourth-order valence-corrected chi connectivity index (χ4v) is 2.50. The van der Waals surface area contributed by atoms with Crippen LogP contribution in [-0.2, 0) is 18.4 Å². The van der Waals surface area contributed by atoms with Crippen LogP contribution in [0.5, 0.6) is 0 Å². The lowest BCUT2D eigenvalue weighted by atomic mass is 10.1. The highest BCUT2D eigenvalue weighted by atomic mass is 16.2. The van der Waals surface area contributed by atoms with Gasteiger partial charge in [-0.15, -0.1) is 0 Å². The first-order chi connectivity index (χ1) is 8.99. The molecule has 1 saturated heterocycles. The summed E-state index contributed by atoms with van der Waals surface area (Å²) in [4.78, 5) is 16.1. The molecule has 0 aliphatic carbocycles. The van der Waals surface area contributed by atoms with E-state index in [1.54, 1.807) is 4.90 Å². The Labute approximate surface area is 114 Å². The normalized spacial score (nSPS) is 20.5. The molecule has 1 fully saturated rings. The van der Waals surface area contributed by atoms with Crippen LogP contribution in [0.4, 0.5) is 0 Å². The van der Waals surface area contributed by atoms with Crippen LogP contribution in [0.2, 0.25) is 0 Å². The molecule has 1 unspecified atom stereocenters. The maximum atomic E-state index is 12.2. The Bertz CT molecular complexity index is 454. The van der Waals surface area contributed by atoms with Crippen molar-refractivity contribution in [3.05, 3.63) is 17.5 Å². The Morgan fingerprint density at radius 2 is 2.32 bits per heavy atom. The van der Waals surface area contributed by atoms with Crippen molar-refractivity contribution >= 4 is 5.91 Å². The van der Waals surface area contributed by atoms with E-state index in [9.17, 15) is 4.79 Å². The molecular weight excluding hydrogens is 242 g/mol. The summed E-state index contributed by atoms with van der Waals surface area (Å²) in [5.74, 6) is 0.161. The van der Waals surface area contributed by atoms with Gasteiger partial charge in [-0.3, -0.25) is 14.4 Å². The highest BCUT2D eigenvalue weighted by molar-refractivity contribution is 5.81. The lowest BCUT2D eigenvalue weighted by Crippen LogP contribution is -2.57. The van der Waals surface area contributed by atoms with Gasteiger partial charge in [-0.05, 0) is 6.92 Å². The third kappa shape index (κ3) is 3.13. The third-order valence-electron chi connectivity index (χ3n) is 3.57. The number of hydrogen-bond acceptors (Lipinski definition) is 4. The molecule has 0 bridgehead atoms. The molecule has 6 nitrogen and oxygen atoms in total. The monoisotopic (exact) mass is 265 g/mol. The van der Waals surface area contributed by atoms with Crippen LogP contribution in [0, 0.1) is 6.92 Å². The standard InChI is InChI=1S/C13H23N5O/c1-10-11(8-17(4)15-10)9-18-6-5-14-7-12(18)13(19)16(2)3/h8,12,14H,5-7,9H2,1-4H3. The highest BCUT2D eigenvalue weighted by Gasteiger charge is 2.30. The zero-order valence-electron chi connectivity index (χ0n) is 12.2. The molecule has 0 aromatic carbocycles. The Morgan fingerprint density at radius 3 is 2.89 bits per heavy atom. The second kappa shape index (κ2) is 5.71. The van der Waals surface area contributed by atoms with Gasteiger partial charge in [0.25, 0.3) is 0 Å². The van der Waals surface area contributed by atoms with Gasteiger partial charge in [-0.25, -0.2) is 0 Å². The first-order valence-corrected chi connectivity index (χ1v) is 6.64. The molecule has 2 rings (SSSR count). The number of carbonyl (C=O) groups is 1. The quantitative estimate of drug-likeness (QED) is 0.807. The lowest BCUT2D eigenvalue weighted by molar-refractivity contribution is -0.135. The molecule has 0 saturated carbocycles. The summed E-state index contributed by atoms with van der Waals surface area (Å²) >= 11 is 0. The average molecular weight is 265 g/mol. The molecule has 106 valence electrons. The number of piperazine rings is 1. The van der Waals surface area contributed by atoms with Crippen molar-refractivity contribution in [3.63, 3.8) is 0 Å². The molecule has 1 aliphatic heterocycles. The molecule has 1 amide bonds. The number of nitrogens with one attached hydrogen (secondary N) is 1. The summed E-state index contributed by atoms with van der Waals surface area (Å²) in [6.07, 6.45) is 2.04. The molecule has 19 heavy (non-hydrogen) atoms. The van der Waals surface area contributed by atoms with E-state index >= 15 is 0 Å². The summed E-state index contributed by atoms with van der Waals surface area (Å²) in [7, 11) is 5.55. The third-order valence-corrected chi connectivity index (χ3v) is 3.57. The number of nitrogens with zero attached hydrogens (tertiary/aromatic N) is 4. The Hall–Kier alpha value is -1.40. The fourth-order valence-electron chi connectivity index (χ4n) is 2.50. The van der Waals surface area contributed by atoms with E-state index in [-0.39, 0.29) is 11.9 Å². The van der Waals surface area contributed by atoms with Gasteiger partial charge in [0, 0.05) is 59.1 Å². The van der Waals surface area contributed by atoms with Crippen LogP contribution in [0.25, 0.3) is 0 Å². The Morgan fingerprint density at radius 1 is 1.58 bits per heavy atom. The molecule has 2 heterocycles. The van der Waals surface area contributed by atoms with Crippen molar-refractivity contribution in [2.75, 3.05) is 33.7 Å². The van der Waals surface area contributed by atoms with E-state index in [0.717, 1.165) is 31.9 Å². The summed E-state index contributed by atoms with van der Waals surface area (Å²) in [5, 5.41) is 7.66. The van der Waals surface area contributed by atoms with E-state index < -0.39 is 0 Å². The van der Waals surface area contributed by atoms with E-state index in [2.05, 4.69) is 15.3 Å². The molecule has 1 atom stereocenters. The Kier molecular flexibility index (Phi) is 4.21. The van der Waals surface area contributed by atoms with Crippen molar-refractivity contribution in [1.29, 1.82) is 0 Å². The van der Waals surface area contributed by atoms with Crippen LogP contribution in [0.3, 0.4) is 0 Å². The molecule has 6 heteroatoms. The number of aromatic nitrogens is 2. The van der Waals surface area contributed by atoms with Gasteiger partial charge < -0.3 is 10.2 Å². The number of rotatable bonds is 3. The van der Waals surface area contributed by atoms with E-state index in [1.165, 1.54) is 5.56 Å². The zero-order valence-corrected chi connectivity index (χ0v) is 12.2. The van der Waals surface area contributed by atoms with Gasteiger partial charge >= 0.3 is 0 Å². The first-order valence-electron chi connectivity index (χ1n) is 6.64. The molecular formula is C13H23N5O. The van der Waals surface area contributed by atoms with E-state index in [0.29, 0.717) is 0 Å². The molecule has 1 aliphatic rings. The van der Waals surface area contributed by atoms with Crippen LogP contribution in [0.15, 0.2) is 6.20 Å². The van der Waals surface area contributed by atoms with Crippen LogP contribution < -0.4 is 5.32 Å². The van der Waals surface area contributed by atoms with Crippen molar-refractivity contribution in [3.8, 4) is 0 Å². The van der Waals surface area contributed by atoms with Crippen molar-refractivity contribution < 1.29 is 4.79 Å². The van der Waals surface area contributed by atoms with Gasteiger partial charge in [0.2, 0.25) is 5.91 Å². The number of amides is 1. The minimum Gasteiger partial charge on any atom is -0.347 e. The highest BCUT2D eigenvalue weighted by Crippen LogP contribution is 2.14. The van der Waals surface area contributed by atoms with Crippen LogP contribution in [-0.4, -0.2) is 65.3 Å². The van der Waals surface area contributed by atoms with E-state index in [4.69, 9.17) is 0 Å². The maximum Gasteiger partial charge on any atom is 0.240 e. The zero-order chi connectivity index (χ0) is 14.0. The second-order valence-corrected chi connectivity index (χ2v) is 5.34. The number of hydrogen-bond donors (Lipinski definition) is 1. The SMILES string of the molecule is Cc1nn(C)cc1CN1CCNCC1C(=O)N(C)C.